The van der Waals surface area contributed by atoms with Crippen LogP contribution < -0.4 is 10.6 Å². The molecule has 0 atom stereocenters. The molecule has 0 aliphatic rings. The summed E-state index contributed by atoms with van der Waals surface area (Å²) in [6.45, 7) is 17.5. The average Bonchev–Trinajstić information content (AvgIpc) is 2.50. The second-order valence-electron chi connectivity index (χ2n) is 9.10. The number of hydrogen-bond donors (Lipinski definition) is 3. The van der Waals surface area contributed by atoms with Crippen LogP contribution >= 0.6 is 0 Å². The Labute approximate surface area is 159 Å². The zero-order valence-corrected chi connectivity index (χ0v) is 17.4. The van der Waals surface area contributed by atoms with Gasteiger partial charge >= 0.3 is 0 Å². The van der Waals surface area contributed by atoms with Gasteiger partial charge in [0.25, 0.3) is 5.91 Å². The second kappa shape index (κ2) is 9.93. The highest BCUT2D eigenvalue weighted by atomic mass is 16.3. The lowest BCUT2D eigenvalue weighted by Crippen LogP contribution is -2.44. The van der Waals surface area contributed by atoms with Gasteiger partial charge in [-0.3, -0.25) is 4.79 Å². The molecule has 0 aromatic heterocycles. The fraction of sp³-hybridized carbons (Fsp3) is 0.667. The van der Waals surface area contributed by atoms with Gasteiger partial charge in [0.15, 0.2) is 0 Å². The lowest BCUT2D eigenvalue weighted by Gasteiger charge is -2.29. The summed E-state index contributed by atoms with van der Waals surface area (Å²) in [5.74, 6) is -0.212. The molecule has 0 saturated carbocycles. The van der Waals surface area contributed by atoms with Crippen molar-refractivity contribution in [2.24, 2.45) is 5.41 Å². The van der Waals surface area contributed by atoms with E-state index in [1.54, 1.807) is 18.2 Å². The van der Waals surface area contributed by atoms with Crippen molar-refractivity contribution >= 4 is 5.91 Å². The summed E-state index contributed by atoms with van der Waals surface area (Å²) >= 11 is 0. The third-order valence-corrected chi connectivity index (χ3v) is 4.12. The van der Waals surface area contributed by atoms with Gasteiger partial charge in [-0.1, -0.05) is 32.9 Å². The monoisotopic (exact) mass is 363 g/mol. The van der Waals surface area contributed by atoms with E-state index in [0.717, 1.165) is 32.6 Å². The van der Waals surface area contributed by atoms with E-state index >= 15 is 0 Å². The fourth-order valence-corrected chi connectivity index (χ4v) is 2.51. The van der Waals surface area contributed by atoms with Crippen LogP contribution in [-0.2, 0) is 0 Å². The molecule has 0 fully saturated rings. The molecule has 0 radical (unpaired) electrons. The van der Waals surface area contributed by atoms with Crippen LogP contribution in [0.4, 0.5) is 0 Å². The van der Waals surface area contributed by atoms with Crippen LogP contribution in [0.5, 0.6) is 5.75 Å². The molecule has 0 spiro atoms. The van der Waals surface area contributed by atoms with Crippen molar-refractivity contribution in [3.05, 3.63) is 29.8 Å². The number of benzene rings is 1. The van der Waals surface area contributed by atoms with Crippen molar-refractivity contribution in [1.29, 1.82) is 0 Å². The summed E-state index contributed by atoms with van der Waals surface area (Å²) in [6.07, 6.45) is 1.11. The Morgan fingerprint density at radius 3 is 2.19 bits per heavy atom. The van der Waals surface area contributed by atoms with Gasteiger partial charge in [0.05, 0.1) is 5.56 Å². The standard InChI is InChI=1S/C21H37N3O2/c1-20(2,3)11-14-24(16-13-23-21(4,5)6)15-12-22-19(26)17-9-7-8-10-18(17)25/h7-10,23,25H,11-16H2,1-6H3,(H,22,26). The minimum atomic E-state index is -0.230. The van der Waals surface area contributed by atoms with Gasteiger partial charge < -0.3 is 20.6 Å². The van der Waals surface area contributed by atoms with Gasteiger partial charge in [-0.25, -0.2) is 0 Å². The predicted molar refractivity (Wildman–Crippen MR) is 109 cm³/mol. The zero-order chi connectivity index (χ0) is 19.8. The minimum absolute atomic E-state index is 0.0176. The smallest absolute Gasteiger partial charge is 0.255 e. The molecular weight excluding hydrogens is 326 g/mol. The highest BCUT2D eigenvalue weighted by molar-refractivity contribution is 5.96. The van der Waals surface area contributed by atoms with E-state index in [1.807, 2.05) is 0 Å². The summed E-state index contributed by atoms with van der Waals surface area (Å²) in [7, 11) is 0. The third kappa shape index (κ3) is 9.78. The SMILES string of the molecule is CC(C)(C)CCN(CCNC(=O)c1ccccc1O)CCNC(C)(C)C. The predicted octanol–water partition coefficient (Wildman–Crippen LogP) is 3.25. The lowest BCUT2D eigenvalue weighted by atomic mass is 9.92. The molecule has 0 aliphatic heterocycles. The van der Waals surface area contributed by atoms with Crippen molar-refractivity contribution in [2.45, 2.75) is 53.5 Å². The van der Waals surface area contributed by atoms with Crippen LogP contribution in [-0.4, -0.2) is 54.2 Å². The molecule has 0 aliphatic carbocycles. The highest BCUT2D eigenvalue weighted by Gasteiger charge is 2.15. The van der Waals surface area contributed by atoms with E-state index in [9.17, 15) is 9.90 Å². The molecule has 3 N–H and O–H groups in total. The summed E-state index contributed by atoms with van der Waals surface area (Å²) in [5.41, 5.74) is 0.715. The largest absolute Gasteiger partial charge is 0.507 e. The highest BCUT2D eigenvalue weighted by Crippen LogP contribution is 2.18. The van der Waals surface area contributed by atoms with Crippen molar-refractivity contribution in [3.63, 3.8) is 0 Å². The first-order chi connectivity index (χ1) is 12.0. The molecule has 5 nitrogen and oxygen atoms in total. The molecule has 0 heterocycles. The van der Waals surface area contributed by atoms with E-state index in [2.05, 4.69) is 57.1 Å². The number of para-hydroxylation sites is 1. The Morgan fingerprint density at radius 2 is 1.62 bits per heavy atom. The Morgan fingerprint density at radius 1 is 1.00 bits per heavy atom. The van der Waals surface area contributed by atoms with Crippen molar-refractivity contribution in [3.8, 4) is 5.75 Å². The van der Waals surface area contributed by atoms with Crippen LogP contribution in [0.2, 0.25) is 0 Å². The molecule has 148 valence electrons. The molecule has 26 heavy (non-hydrogen) atoms. The van der Waals surface area contributed by atoms with Crippen LogP contribution in [0.3, 0.4) is 0 Å². The van der Waals surface area contributed by atoms with E-state index < -0.39 is 0 Å². The summed E-state index contributed by atoms with van der Waals surface area (Å²) in [4.78, 5) is 14.6. The topological polar surface area (TPSA) is 64.6 Å². The number of nitrogens with one attached hydrogen (secondary N) is 2. The van der Waals surface area contributed by atoms with Crippen LogP contribution in [0.15, 0.2) is 24.3 Å². The number of phenolic OH excluding ortho intramolecular Hbond substituents is 1. The van der Waals surface area contributed by atoms with Gasteiger partial charge in [-0.05, 0) is 51.3 Å². The van der Waals surface area contributed by atoms with E-state index in [0.29, 0.717) is 12.1 Å². The van der Waals surface area contributed by atoms with E-state index in [1.165, 1.54) is 6.07 Å². The number of aromatic hydroxyl groups is 1. The molecule has 0 unspecified atom stereocenters. The normalized spacial score (nSPS) is 12.4. The Kier molecular flexibility index (Phi) is 8.57. The summed E-state index contributed by atoms with van der Waals surface area (Å²) in [6, 6.07) is 6.63. The van der Waals surface area contributed by atoms with Gasteiger partial charge in [0.2, 0.25) is 0 Å². The molecular formula is C21H37N3O2. The first-order valence-corrected chi connectivity index (χ1v) is 9.51. The van der Waals surface area contributed by atoms with Crippen LogP contribution in [0.25, 0.3) is 0 Å². The quantitative estimate of drug-likeness (QED) is 0.630. The molecule has 1 aromatic carbocycles. The van der Waals surface area contributed by atoms with Gasteiger partial charge in [0.1, 0.15) is 5.75 Å². The Balaban J connectivity index is 2.50. The van der Waals surface area contributed by atoms with Gasteiger partial charge in [-0.15, -0.1) is 0 Å². The first-order valence-electron chi connectivity index (χ1n) is 9.51. The molecule has 1 rings (SSSR count). The molecule has 1 amide bonds. The summed E-state index contributed by atoms with van der Waals surface area (Å²) < 4.78 is 0. The number of nitrogens with zero attached hydrogens (tertiary/aromatic N) is 1. The molecule has 1 aromatic rings. The number of carbonyl (C=O) groups is 1. The number of hydrogen-bond acceptors (Lipinski definition) is 4. The Bertz CT molecular complexity index is 559. The first kappa shape index (κ1) is 22.5. The summed E-state index contributed by atoms with van der Waals surface area (Å²) in [5, 5.41) is 16.2. The minimum Gasteiger partial charge on any atom is -0.507 e. The zero-order valence-electron chi connectivity index (χ0n) is 17.4. The van der Waals surface area contributed by atoms with Crippen LogP contribution in [0, 0.1) is 5.41 Å². The fourth-order valence-electron chi connectivity index (χ4n) is 2.51. The second-order valence-corrected chi connectivity index (χ2v) is 9.10. The number of carbonyl (C=O) groups excluding carboxylic acids is 1. The van der Waals surface area contributed by atoms with Crippen LogP contribution in [0.1, 0.15) is 58.3 Å². The Hall–Kier alpha value is -1.59. The maximum absolute atomic E-state index is 12.2. The van der Waals surface area contributed by atoms with Crippen molar-refractivity contribution in [2.75, 3.05) is 32.7 Å². The maximum atomic E-state index is 12.2. The molecule has 5 heteroatoms. The van der Waals surface area contributed by atoms with E-state index in [-0.39, 0.29) is 22.6 Å². The molecule has 0 saturated heterocycles. The number of rotatable bonds is 9. The van der Waals surface area contributed by atoms with Gasteiger partial charge in [0, 0.05) is 31.7 Å². The van der Waals surface area contributed by atoms with Gasteiger partial charge in [-0.2, -0.15) is 0 Å². The number of phenols is 1. The van der Waals surface area contributed by atoms with E-state index in [4.69, 9.17) is 0 Å². The van der Waals surface area contributed by atoms with Crippen molar-refractivity contribution in [1.82, 2.24) is 15.5 Å². The number of amides is 1. The lowest BCUT2D eigenvalue weighted by molar-refractivity contribution is 0.0944. The maximum Gasteiger partial charge on any atom is 0.255 e. The van der Waals surface area contributed by atoms with Crippen molar-refractivity contribution < 1.29 is 9.90 Å². The third-order valence-electron chi connectivity index (χ3n) is 4.12. The molecule has 0 bridgehead atoms. The average molecular weight is 364 g/mol.